The van der Waals surface area contributed by atoms with Crippen LogP contribution in [0.5, 0.6) is 0 Å². The second kappa shape index (κ2) is 9.02. The van der Waals surface area contributed by atoms with Gasteiger partial charge in [0.1, 0.15) is 5.82 Å². The Hall–Kier alpha value is -1.37. The van der Waals surface area contributed by atoms with Crippen LogP contribution in [0.3, 0.4) is 0 Å². The molecule has 0 radical (unpaired) electrons. The molecule has 1 atom stereocenters. The second-order valence-electron chi connectivity index (χ2n) is 7.21. The molecule has 0 bridgehead atoms. The maximum absolute atomic E-state index is 12.6. The van der Waals surface area contributed by atoms with Gasteiger partial charge in [-0.2, -0.15) is 0 Å². The lowest BCUT2D eigenvalue weighted by molar-refractivity contribution is 0.0724. The number of halogens is 1. The Bertz CT molecular complexity index is 614. The Balaban J connectivity index is 1.62. The van der Waals surface area contributed by atoms with Gasteiger partial charge in [-0.1, -0.05) is 11.6 Å². The van der Waals surface area contributed by atoms with E-state index in [9.17, 15) is 4.79 Å². The molecule has 2 aliphatic rings. The molecule has 0 spiro atoms. The SMILES string of the molecule is COCC(C)N1CCN(c2ncc(C(=O)N3CCCCC3)cc2Cl)CC1. The number of anilines is 1. The molecule has 144 valence electrons. The summed E-state index contributed by atoms with van der Waals surface area (Å²) in [5.41, 5.74) is 0.591. The van der Waals surface area contributed by atoms with Crippen molar-refractivity contribution >= 4 is 23.3 Å². The summed E-state index contributed by atoms with van der Waals surface area (Å²) >= 11 is 6.49. The van der Waals surface area contributed by atoms with E-state index >= 15 is 0 Å². The van der Waals surface area contributed by atoms with Gasteiger partial charge < -0.3 is 14.5 Å². The zero-order chi connectivity index (χ0) is 18.5. The highest BCUT2D eigenvalue weighted by Crippen LogP contribution is 2.26. The van der Waals surface area contributed by atoms with Crippen LogP contribution in [0.2, 0.25) is 5.02 Å². The van der Waals surface area contributed by atoms with E-state index < -0.39 is 0 Å². The molecule has 3 rings (SSSR count). The standard InChI is InChI=1S/C19H29ClN4O2/c1-15(14-26-2)22-8-10-23(11-9-22)18-17(20)12-16(13-21-18)19(25)24-6-4-3-5-7-24/h12-13,15H,3-11,14H2,1-2H3. The third-order valence-corrected chi connectivity index (χ3v) is 5.64. The lowest BCUT2D eigenvalue weighted by atomic mass is 10.1. The van der Waals surface area contributed by atoms with Crippen molar-refractivity contribution in [3.05, 3.63) is 22.8 Å². The van der Waals surface area contributed by atoms with Gasteiger partial charge in [-0.25, -0.2) is 4.98 Å². The van der Waals surface area contributed by atoms with Crippen LogP contribution in [0.25, 0.3) is 0 Å². The summed E-state index contributed by atoms with van der Waals surface area (Å²) in [6.45, 7) is 8.26. The van der Waals surface area contributed by atoms with E-state index in [1.54, 1.807) is 19.4 Å². The van der Waals surface area contributed by atoms with Crippen LogP contribution in [0.1, 0.15) is 36.5 Å². The number of rotatable bonds is 5. The number of methoxy groups -OCH3 is 1. The molecule has 0 aromatic carbocycles. The predicted molar refractivity (Wildman–Crippen MR) is 104 cm³/mol. The van der Waals surface area contributed by atoms with Gasteiger partial charge in [-0.05, 0) is 32.3 Å². The lowest BCUT2D eigenvalue weighted by Gasteiger charge is -2.38. The molecule has 1 unspecified atom stereocenters. The van der Waals surface area contributed by atoms with Crippen LogP contribution in [-0.2, 0) is 4.74 Å². The Morgan fingerprint density at radius 1 is 1.19 bits per heavy atom. The minimum Gasteiger partial charge on any atom is -0.383 e. The van der Waals surface area contributed by atoms with Crippen molar-refractivity contribution in [3.63, 3.8) is 0 Å². The number of ether oxygens (including phenoxy) is 1. The molecule has 0 N–H and O–H groups in total. The first-order valence-corrected chi connectivity index (χ1v) is 9.90. The molecule has 2 aliphatic heterocycles. The number of amides is 1. The molecule has 1 aromatic rings. The first-order valence-electron chi connectivity index (χ1n) is 9.53. The van der Waals surface area contributed by atoms with Gasteiger partial charge in [0.05, 0.1) is 17.2 Å². The average Bonchev–Trinajstić information content (AvgIpc) is 2.68. The number of likely N-dealkylation sites (tertiary alicyclic amines) is 1. The number of carbonyl (C=O) groups excluding carboxylic acids is 1. The van der Waals surface area contributed by atoms with Crippen LogP contribution in [0, 0.1) is 0 Å². The third kappa shape index (κ3) is 4.48. The molecule has 1 aromatic heterocycles. The van der Waals surface area contributed by atoms with Crippen LogP contribution in [0.4, 0.5) is 5.82 Å². The molecule has 0 saturated carbocycles. The van der Waals surface area contributed by atoms with Crippen molar-refractivity contribution in [1.29, 1.82) is 0 Å². The molecule has 7 heteroatoms. The van der Waals surface area contributed by atoms with Crippen molar-refractivity contribution in [2.45, 2.75) is 32.2 Å². The summed E-state index contributed by atoms with van der Waals surface area (Å²) < 4.78 is 5.25. The van der Waals surface area contributed by atoms with E-state index in [-0.39, 0.29) is 5.91 Å². The summed E-state index contributed by atoms with van der Waals surface area (Å²) in [4.78, 5) is 23.7. The van der Waals surface area contributed by atoms with Crippen molar-refractivity contribution in [2.75, 3.05) is 57.9 Å². The fraction of sp³-hybridized carbons (Fsp3) is 0.684. The van der Waals surface area contributed by atoms with Gasteiger partial charge in [-0.15, -0.1) is 0 Å². The number of carbonyl (C=O) groups is 1. The Morgan fingerprint density at radius 3 is 2.50 bits per heavy atom. The number of piperazine rings is 1. The highest BCUT2D eigenvalue weighted by atomic mass is 35.5. The quantitative estimate of drug-likeness (QED) is 0.785. The van der Waals surface area contributed by atoms with Gasteiger partial charge in [-0.3, -0.25) is 9.69 Å². The Kier molecular flexibility index (Phi) is 6.73. The van der Waals surface area contributed by atoms with E-state index in [0.29, 0.717) is 16.6 Å². The average molecular weight is 381 g/mol. The highest BCUT2D eigenvalue weighted by Gasteiger charge is 2.24. The number of hydrogen-bond donors (Lipinski definition) is 0. The van der Waals surface area contributed by atoms with Crippen LogP contribution >= 0.6 is 11.6 Å². The van der Waals surface area contributed by atoms with Crippen molar-refractivity contribution in [1.82, 2.24) is 14.8 Å². The Labute approximate surface area is 161 Å². The summed E-state index contributed by atoms with van der Waals surface area (Å²) in [5.74, 6) is 0.824. The lowest BCUT2D eigenvalue weighted by Crippen LogP contribution is -2.51. The van der Waals surface area contributed by atoms with E-state index in [1.165, 1.54) is 6.42 Å². The van der Waals surface area contributed by atoms with Crippen molar-refractivity contribution in [3.8, 4) is 0 Å². The summed E-state index contributed by atoms with van der Waals surface area (Å²) in [6, 6.07) is 2.19. The number of piperidine rings is 1. The predicted octanol–water partition coefficient (Wildman–Crippen LogP) is 2.52. The summed E-state index contributed by atoms with van der Waals surface area (Å²) in [7, 11) is 1.74. The monoisotopic (exact) mass is 380 g/mol. The fourth-order valence-corrected chi connectivity index (χ4v) is 4.07. The smallest absolute Gasteiger partial charge is 0.255 e. The van der Waals surface area contributed by atoms with Crippen molar-refractivity contribution < 1.29 is 9.53 Å². The normalized spacial score (nSPS) is 20.3. The van der Waals surface area contributed by atoms with Crippen LogP contribution in [-0.4, -0.2) is 79.7 Å². The number of nitrogens with zero attached hydrogens (tertiary/aromatic N) is 4. The van der Waals surface area contributed by atoms with E-state index in [1.807, 2.05) is 4.90 Å². The molecule has 2 saturated heterocycles. The Morgan fingerprint density at radius 2 is 1.88 bits per heavy atom. The zero-order valence-corrected chi connectivity index (χ0v) is 16.5. The molecule has 2 fully saturated rings. The second-order valence-corrected chi connectivity index (χ2v) is 7.62. The van der Waals surface area contributed by atoms with Gasteiger partial charge in [0.15, 0.2) is 0 Å². The summed E-state index contributed by atoms with van der Waals surface area (Å²) in [6.07, 6.45) is 5.04. The number of hydrogen-bond acceptors (Lipinski definition) is 5. The largest absolute Gasteiger partial charge is 0.383 e. The topological polar surface area (TPSA) is 48.9 Å². The van der Waals surface area contributed by atoms with E-state index in [2.05, 4.69) is 21.7 Å². The molecule has 0 aliphatic carbocycles. The van der Waals surface area contributed by atoms with E-state index in [0.717, 1.165) is 64.5 Å². The number of pyridine rings is 1. The first kappa shape index (κ1) is 19.4. The third-order valence-electron chi connectivity index (χ3n) is 5.36. The minimum atomic E-state index is 0.0452. The maximum Gasteiger partial charge on any atom is 0.255 e. The minimum absolute atomic E-state index is 0.0452. The number of aromatic nitrogens is 1. The summed E-state index contributed by atoms with van der Waals surface area (Å²) in [5, 5.41) is 0.561. The van der Waals surface area contributed by atoms with Gasteiger partial charge in [0, 0.05) is 58.6 Å². The molecule has 6 nitrogen and oxygen atoms in total. The maximum atomic E-state index is 12.6. The van der Waals surface area contributed by atoms with Gasteiger partial charge in [0.2, 0.25) is 0 Å². The van der Waals surface area contributed by atoms with Gasteiger partial charge in [0.25, 0.3) is 5.91 Å². The van der Waals surface area contributed by atoms with Crippen molar-refractivity contribution in [2.24, 2.45) is 0 Å². The van der Waals surface area contributed by atoms with E-state index in [4.69, 9.17) is 16.3 Å². The molecular weight excluding hydrogens is 352 g/mol. The highest BCUT2D eigenvalue weighted by molar-refractivity contribution is 6.33. The first-order chi connectivity index (χ1) is 12.6. The molecule has 3 heterocycles. The zero-order valence-electron chi connectivity index (χ0n) is 15.8. The molecule has 26 heavy (non-hydrogen) atoms. The fourth-order valence-electron chi connectivity index (χ4n) is 3.78. The van der Waals surface area contributed by atoms with Crippen LogP contribution in [0.15, 0.2) is 12.3 Å². The molecular formula is C19H29ClN4O2. The van der Waals surface area contributed by atoms with Crippen LogP contribution < -0.4 is 4.90 Å². The molecule has 1 amide bonds. The van der Waals surface area contributed by atoms with Gasteiger partial charge >= 0.3 is 0 Å².